The molecule has 0 amide bonds. The molecule has 23 heavy (non-hydrogen) atoms. The molecule has 2 aromatic rings. The molecule has 3 atom stereocenters. The normalized spacial score (nSPS) is 25.5. The van der Waals surface area contributed by atoms with Crippen molar-refractivity contribution < 1.29 is 0 Å². The van der Waals surface area contributed by atoms with Crippen LogP contribution < -0.4 is 10.6 Å². The van der Waals surface area contributed by atoms with Gasteiger partial charge >= 0.3 is 0 Å². The van der Waals surface area contributed by atoms with Gasteiger partial charge in [0, 0.05) is 18.8 Å². The highest BCUT2D eigenvalue weighted by molar-refractivity contribution is 7.80. The van der Waals surface area contributed by atoms with Gasteiger partial charge in [0.1, 0.15) is 0 Å². The van der Waals surface area contributed by atoms with E-state index in [0.29, 0.717) is 6.04 Å². The van der Waals surface area contributed by atoms with Crippen molar-refractivity contribution in [3.8, 4) is 11.3 Å². The van der Waals surface area contributed by atoms with Crippen LogP contribution in [-0.2, 0) is 6.54 Å². The molecule has 0 spiro atoms. The molecule has 120 valence electrons. The van der Waals surface area contributed by atoms with E-state index >= 15 is 0 Å². The Bertz CT molecular complexity index is 665. The number of hydrogen-bond acceptors (Lipinski definition) is 2. The van der Waals surface area contributed by atoms with Crippen molar-refractivity contribution in [2.24, 2.45) is 11.8 Å². The maximum atomic E-state index is 5.46. The predicted octanol–water partition coefficient (Wildman–Crippen LogP) is 3.23. The first-order valence-electron chi connectivity index (χ1n) is 8.41. The van der Waals surface area contributed by atoms with Crippen LogP contribution >= 0.6 is 12.2 Å². The first kappa shape index (κ1) is 14.7. The fraction of sp³-hybridized carbons (Fsp3) is 0.444. The van der Waals surface area contributed by atoms with Gasteiger partial charge in [-0.2, -0.15) is 5.10 Å². The number of nitrogens with zero attached hydrogens (tertiary/aromatic N) is 1. The smallest absolute Gasteiger partial charge is 0.166 e. The Hall–Kier alpha value is -1.88. The highest BCUT2D eigenvalue weighted by atomic mass is 32.1. The number of nitrogens with one attached hydrogen (secondary N) is 3. The van der Waals surface area contributed by atoms with E-state index in [1.807, 2.05) is 6.07 Å². The topological polar surface area (TPSA) is 52.7 Å². The third kappa shape index (κ3) is 3.24. The van der Waals surface area contributed by atoms with Gasteiger partial charge in [0.25, 0.3) is 0 Å². The first-order valence-corrected chi connectivity index (χ1v) is 8.82. The van der Waals surface area contributed by atoms with E-state index in [0.717, 1.165) is 34.8 Å². The van der Waals surface area contributed by atoms with E-state index in [-0.39, 0.29) is 0 Å². The van der Waals surface area contributed by atoms with Crippen LogP contribution in [0.1, 0.15) is 31.2 Å². The molecule has 4 rings (SSSR count). The molecular weight excluding hydrogens is 304 g/mol. The molecule has 2 fully saturated rings. The van der Waals surface area contributed by atoms with Gasteiger partial charge in [-0.15, -0.1) is 0 Å². The van der Waals surface area contributed by atoms with Crippen LogP contribution in [-0.4, -0.2) is 21.4 Å². The zero-order valence-electron chi connectivity index (χ0n) is 13.1. The van der Waals surface area contributed by atoms with Crippen LogP contribution in [0.5, 0.6) is 0 Å². The number of aromatic nitrogens is 2. The van der Waals surface area contributed by atoms with Crippen molar-refractivity contribution in [2.45, 2.75) is 38.3 Å². The largest absolute Gasteiger partial charge is 0.360 e. The molecule has 0 saturated heterocycles. The number of hydrogen-bond donors (Lipinski definition) is 3. The van der Waals surface area contributed by atoms with Crippen LogP contribution in [0.3, 0.4) is 0 Å². The second kappa shape index (κ2) is 6.32. The van der Waals surface area contributed by atoms with Crippen LogP contribution in [0.4, 0.5) is 0 Å². The van der Waals surface area contributed by atoms with E-state index in [2.05, 4.69) is 45.1 Å². The lowest BCUT2D eigenvalue weighted by molar-refractivity contribution is 0.389. The van der Waals surface area contributed by atoms with Gasteiger partial charge < -0.3 is 10.6 Å². The summed E-state index contributed by atoms with van der Waals surface area (Å²) in [6, 6.07) is 11.0. The first-order chi connectivity index (χ1) is 11.3. The summed E-state index contributed by atoms with van der Waals surface area (Å²) in [7, 11) is 0. The predicted molar refractivity (Wildman–Crippen MR) is 95.8 cm³/mol. The molecule has 1 aromatic heterocycles. The van der Waals surface area contributed by atoms with Crippen LogP contribution in [0.15, 0.2) is 36.5 Å². The van der Waals surface area contributed by atoms with Crippen molar-refractivity contribution in [1.82, 2.24) is 20.8 Å². The van der Waals surface area contributed by atoms with Gasteiger partial charge in [-0.05, 0) is 60.5 Å². The fourth-order valence-corrected chi connectivity index (χ4v) is 4.27. The minimum Gasteiger partial charge on any atom is -0.360 e. The number of rotatable bonds is 4. The number of benzene rings is 1. The number of thiocarbonyl (C=S) groups is 1. The third-order valence-electron chi connectivity index (χ3n) is 5.27. The minimum atomic E-state index is 0.594. The second-order valence-electron chi connectivity index (χ2n) is 6.78. The summed E-state index contributed by atoms with van der Waals surface area (Å²) in [5, 5.41) is 14.6. The highest BCUT2D eigenvalue weighted by Crippen LogP contribution is 2.44. The Morgan fingerprint density at radius 1 is 1.17 bits per heavy atom. The lowest BCUT2D eigenvalue weighted by Crippen LogP contribution is -2.43. The van der Waals surface area contributed by atoms with Crippen molar-refractivity contribution >= 4 is 17.3 Å². The molecule has 0 radical (unpaired) electrons. The van der Waals surface area contributed by atoms with Crippen LogP contribution in [0.2, 0.25) is 0 Å². The summed E-state index contributed by atoms with van der Waals surface area (Å²) in [6.07, 6.45) is 7.26. The minimum absolute atomic E-state index is 0.594. The summed E-state index contributed by atoms with van der Waals surface area (Å²) in [4.78, 5) is 0. The Morgan fingerprint density at radius 3 is 2.70 bits per heavy atom. The quantitative estimate of drug-likeness (QED) is 0.755. The van der Waals surface area contributed by atoms with Gasteiger partial charge in [-0.3, -0.25) is 5.10 Å². The van der Waals surface area contributed by atoms with Gasteiger partial charge in [0.2, 0.25) is 0 Å². The van der Waals surface area contributed by atoms with Gasteiger partial charge in [-0.1, -0.05) is 30.7 Å². The van der Waals surface area contributed by atoms with Crippen LogP contribution in [0.25, 0.3) is 11.3 Å². The standard InChI is InChI=1S/C18H22N4S/c23-18(21-17-10-13-3-6-15(17)9-13)19-11-12-1-4-14(5-2-12)16-7-8-20-22-16/h1-2,4-5,7-8,13,15,17H,3,6,9-11H2,(H,20,22)(H2,19,21,23). The zero-order valence-corrected chi connectivity index (χ0v) is 13.9. The Kier molecular flexibility index (Phi) is 4.04. The Labute approximate surface area is 142 Å². The van der Waals surface area contributed by atoms with E-state index in [9.17, 15) is 0 Å². The molecule has 2 saturated carbocycles. The molecule has 2 aliphatic carbocycles. The van der Waals surface area contributed by atoms with Gasteiger partial charge in [0.05, 0.1) is 5.69 Å². The molecule has 5 heteroatoms. The number of aromatic amines is 1. The van der Waals surface area contributed by atoms with E-state index < -0.39 is 0 Å². The molecule has 2 bridgehead atoms. The average Bonchev–Trinajstić information content (AvgIpc) is 3.31. The second-order valence-corrected chi connectivity index (χ2v) is 7.18. The molecule has 1 heterocycles. The number of fused-ring (bicyclic) bond motifs is 2. The summed E-state index contributed by atoms with van der Waals surface area (Å²) < 4.78 is 0. The van der Waals surface area contributed by atoms with Crippen LogP contribution in [0, 0.1) is 11.8 Å². The van der Waals surface area contributed by atoms with E-state index in [4.69, 9.17) is 12.2 Å². The summed E-state index contributed by atoms with van der Waals surface area (Å²) in [5.74, 6) is 1.78. The molecule has 2 aliphatic rings. The monoisotopic (exact) mass is 326 g/mol. The summed E-state index contributed by atoms with van der Waals surface area (Å²) in [6.45, 7) is 0.760. The molecule has 1 aromatic carbocycles. The highest BCUT2D eigenvalue weighted by Gasteiger charge is 2.39. The molecular formula is C18H22N4S. The maximum Gasteiger partial charge on any atom is 0.166 e. The maximum absolute atomic E-state index is 5.46. The average molecular weight is 326 g/mol. The molecule has 4 nitrogen and oxygen atoms in total. The van der Waals surface area contributed by atoms with E-state index in [1.54, 1.807) is 6.20 Å². The lowest BCUT2D eigenvalue weighted by Gasteiger charge is -2.24. The molecule has 3 unspecified atom stereocenters. The van der Waals surface area contributed by atoms with Crippen molar-refractivity contribution in [3.63, 3.8) is 0 Å². The fourth-order valence-electron chi connectivity index (χ4n) is 4.04. The molecule has 3 N–H and O–H groups in total. The Balaban J connectivity index is 1.28. The van der Waals surface area contributed by atoms with Crippen molar-refractivity contribution in [2.75, 3.05) is 0 Å². The van der Waals surface area contributed by atoms with Crippen molar-refractivity contribution in [1.29, 1.82) is 0 Å². The summed E-state index contributed by atoms with van der Waals surface area (Å²) >= 11 is 5.46. The number of H-pyrrole nitrogens is 1. The summed E-state index contributed by atoms with van der Waals surface area (Å²) in [5.41, 5.74) is 3.41. The van der Waals surface area contributed by atoms with Crippen molar-refractivity contribution in [3.05, 3.63) is 42.1 Å². The van der Waals surface area contributed by atoms with Gasteiger partial charge in [0.15, 0.2) is 5.11 Å². The van der Waals surface area contributed by atoms with Gasteiger partial charge in [-0.25, -0.2) is 0 Å². The lowest BCUT2D eigenvalue weighted by atomic mass is 9.96. The SMILES string of the molecule is S=C(NCc1ccc(-c2ccn[nH]2)cc1)NC1CC2CCC1C2. The zero-order chi connectivity index (χ0) is 15.6. The third-order valence-corrected chi connectivity index (χ3v) is 5.54. The Morgan fingerprint density at radius 2 is 2.04 bits per heavy atom. The molecule has 0 aliphatic heterocycles. The van der Waals surface area contributed by atoms with E-state index in [1.165, 1.54) is 31.2 Å².